The molecule has 0 saturated carbocycles. The van der Waals surface area contributed by atoms with E-state index in [1.54, 1.807) is 4.90 Å². The van der Waals surface area contributed by atoms with Crippen molar-refractivity contribution in [2.24, 2.45) is 0 Å². The van der Waals surface area contributed by atoms with Crippen LogP contribution in [0.1, 0.15) is 12.5 Å². The molecule has 1 unspecified atom stereocenters. The zero-order valence-electron chi connectivity index (χ0n) is 12.8. The van der Waals surface area contributed by atoms with Crippen molar-refractivity contribution < 1.29 is 9.90 Å². The van der Waals surface area contributed by atoms with Crippen LogP contribution in [0.4, 0.5) is 0 Å². The van der Waals surface area contributed by atoms with Gasteiger partial charge in [0.1, 0.15) is 6.10 Å². The van der Waals surface area contributed by atoms with E-state index < -0.39 is 6.10 Å². The molecule has 5 nitrogen and oxygen atoms in total. The van der Waals surface area contributed by atoms with E-state index in [9.17, 15) is 9.90 Å². The minimum atomic E-state index is -0.909. The average Bonchev–Trinajstić information content (AvgIpc) is 2.55. The summed E-state index contributed by atoms with van der Waals surface area (Å²) in [5.41, 5.74) is 2.26. The van der Waals surface area contributed by atoms with E-state index in [1.807, 2.05) is 12.3 Å². The van der Waals surface area contributed by atoms with E-state index in [4.69, 9.17) is 0 Å². The van der Waals surface area contributed by atoms with Crippen LogP contribution in [-0.2, 0) is 11.3 Å². The summed E-state index contributed by atoms with van der Waals surface area (Å²) in [6, 6.07) is 10.3. The van der Waals surface area contributed by atoms with Crippen molar-refractivity contribution in [3.63, 3.8) is 0 Å². The smallest absolute Gasteiger partial charge is 0.251 e. The number of aromatic nitrogens is 1. The van der Waals surface area contributed by atoms with Crippen molar-refractivity contribution in [1.82, 2.24) is 14.8 Å². The molecule has 2 aromatic rings. The molecule has 1 aromatic heterocycles. The Labute approximate surface area is 130 Å². The number of hydrogen-bond acceptors (Lipinski definition) is 4. The van der Waals surface area contributed by atoms with Crippen LogP contribution in [0.25, 0.3) is 10.9 Å². The molecule has 22 heavy (non-hydrogen) atoms. The highest BCUT2D eigenvalue weighted by molar-refractivity contribution is 5.81. The Bertz CT molecular complexity index is 659. The maximum absolute atomic E-state index is 11.8. The van der Waals surface area contributed by atoms with Gasteiger partial charge in [0.2, 0.25) is 0 Å². The van der Waals surface area contributed by atoms with Crippen LogP contribution in [0.15, 0.2) is 36.5 Å². The maximum Gasteiger partial charge on any atom is 0.251 e. The van der Waals surface area contributed by atoms with Crippen molar-refractivity contribution in [3.05, 3.63) is 42.1 Å². The Morgan fingerprint density at radius 2 is 1.95 bits per heavy atom. The third-order valence-corrected chi connectivity index (χ3v) is 4.15. The fourth-order valence-electron chi connectivity index (χ4n) is 2.93. The number of fused-ring (bicyclic) bond motifs is 1. The number of aliphatic hydroxyl groups is 1. The number of carbonyl (C=O) groups is 1. The van der Waals surface area contributed by atoms with Crippen molar-refractivity contribution in [2.45, 2.75) is 19.6 Å². The second-order valence-corrected chi connectivity index (χ2v) is 5.77. The van der Waals surface area contributed by atoms with E-state index in [-0.39, 0.29) is 5.91 Å². The molecular weight excluding hydrogens is 278 g/mol. The molecule has 3 rings (SSSR count). The molecule has 1 aliphatic heterocycles. The normalized spacial score (nSPS) is 17.6. The third-order valence-electron chi connectivity index (χ3n) is 4.15. The lowest BCUT2D eigenvalue weighted by Crippen LogP contribution is -2.50. The van der Waals surface area contributed by atoms with E-state index in [0.29, 0.717) is 13.1 Å². The first-order valence-corrected chi connectivity index (χ1v) is 7.67. The molecule has 1 atom stereocenters. The number of aliphatic hydroxyl groups excluding tert-OH is 1. The monoisotopic (exact) mass is 299 g/mol. The van der Waals surface area contributed by atoms with Crippen molar-refractivity contribution in [3.8, 4) is 0 Å². The first-order chi connectivity index (χ1) is 10.6. The van der Waals surface area contributed by atoms with E-state index in [1.165, 1.54) is 12.5 Å². The van der Waals surface area contributed by atoms with Crippen LogP contribution < -0.4 is 0 Å². The SMILES string of the molecule is CC(O)C(=O)N1CCN(Cc2cccc3cccnc23)CC1. The Morgan fingerprint density at radius 3 is 2.68 bits per heavy atom. The largest absolute Gasteiger partial charge is 0.384 e. The molecule has 1 amide bonds. The topological polar surface area (TPSA) is 56.7 Å². The molecule has 2 heterocycles. The lowest BCUT2D eigenvalue weighted by molar-refractivity contribution is -0.141. The van der Waals surface area contributed by atoms with Gasteiger partial charge in [-0.25, -0.2) is 0 Å². The van der Waals surface area contributed by atoms with Crippen molar-refractivity contribution in [2.75, 3.05) is 26.2 Å². The fourth-order valence-corrected chi connectivity index (χ4v) is 2.93. The molecule has 0 bridgehead atoms. The highest BCUT2D eigenvalue weighted by atomic mass is 16.3. The predicted molar refractivity (Wildman–Crippen MR) is 85.3 cm³/mol. The number of benzene rings is 1. The van der Waals surface area contributed by atoms with Gasteiger partial charge in [-0.15, -0.1) is 0 Å². The summed E-state index contributed by atoms with van der Waals surface area (Å²) in [6.45, 7) is 5.34. The number of rotatable bonds is 3. The minimum absolute atomic E-state index is 0.175. The zero-order valence-corrected chi connectivity index (χ0v) is 12.8. The lowest BCUT2D eigenvalue weighted by atomic mass is 10.1. The number of para-hydroxylation sites is 1. The summed E-state index contributed by atoms with van der Waals surface area (Å²) in [4.78, 5) is 20.3. The average molecular weight is 299 g/mol. The van der Waals surface area contributed by atoms with Crippen molar-refractivity contribution >= 4 is 16.8 Å². The first kappa shape index (κ1) is 14.9. The highest BCUT2D eigenvalue weighted by Crippen LogP contribution is 2.18. The van der Waals surface area contributed by atoms with Crippen LogP contribution in [0.3, 0.4) is 0 Å². The predicted octanol–water partition coefficient (Wildman–Crippen LogP) is 1.26. The molecule has 1 aromatic carbocycles. The number of amides is 1. The van der Waals surface area contributed by atoms with E-state index in [0.717, 1.165) is 30.5 Å². The Hall–Kier alpha value is -1.98. The van der Waals surface area contributed by atoms with Crippen LogP contribution in [0, 0.1) is 0 Å². The van der Waals surface area contributed by atoms with Gasteiger partial charge in [-0.3, -0.25) is 14.7 Å². The number of carbonyl (C=O) groups excluding carboxylic acids is 1. The van der Waals surface area contributed by atoms with Gasteiger partial charge in [-0.05, 0) is 18.6 Å². The molecule has 5 heteroatoms. The number of hydrogen-bond donors (Lipinski definition) is 1. The molecule has 0 radical (unpaired) electrons. The van der Waals surface area contributed by atoms with Gasteiger partial charge in [0, 0.05) is 44.3 Å². The molecular formula is C17H21N3O2. The van der Waals surface area contributed by atoms with Gasteiger partial charge in [-0.2, -0.15) is 0 Å². The van der Waals surface area contributed by atoms with E-state index >= 15 is 0 Å². The first-order valence-electron chi connectivity index (χ1n) is 7.67. The molecule has 0 aliphatic carbocycles. The molecule has 1 N–H and O–H groups in total. The number of piperazine rings is 1. The molecule has 1 aliphatic rings. The second-order valence-electron chi connectivity index (χ2n) is 5.77. The molecule has 0 spiro atoms. The van der Waals surface area contributed by atoms with Gasteiger partial charge in [0.15, 0.2) is 0 Å². The van der Waals surface area contributed by atoms with Crippen molar-refractivity contribution in [1.29, 1.82) is 0 Å². The van der Waals surface area contributed by atoms with Gasteiger partial charge >= 0.3 is 0 Å². The van der Waals surface area contributed by atoms with Crippen LogP contribution in [0.2, 0.25) is 0 Å². The summed E-state index contributed by atoms with van der Waals surface area (Å²) in [5, 5.41) is 10.5. The summed E-state index contributed by atoms with van der Waals surface area (Å²) < 4.78 is 0. The molecule has 116 valence electrons. The van der Waals surface area contributed by atoms with Crippen LogP contribution >= 0.6 is 0 Å². The van der Waals surface area contributed by atoms with Gasteiger partial charge in [0.25, 0.3) is 5.91 Å². The highest BCUT2D eigenvalue weighted by Gasteiger charge is 2.23. The molecule has 1 fully saturated rings. The quantitative estimate of drug-likeness (QED) is 0.927. The standard InChI is InChI=1S/C17H21N3O2/c1-13(21)17(22)20-10-8-19(9-11-20)12-15-5-2-4-14-6-3-7-18-16(14)15/h2-7,13,21H,8-12H2,1H3. The summed E-state index contributed by atoms with van der Waals surface area (Å²) in [6.07, 6.45) is 0.916. The number of nitrogens with zero attached hydrogens (tertiary/aromatic N) is 3. The zero-order chi connectivity index (χ0) is 15.5. The summed E-state index contributed by atoms with van der Waals surface area (Å²) in [5.74, 6) is -0.175. The Kier molecular flexibility index (Phi) is 4.36. The van der Waals surface area contributed by atoms with Crippen LogP contribution in [-0.4, -0.2) is 58.1 Å². The fraction of sp³-hybridized carbons (Fsp3) is 0.412. The summed E-state index contributed by atoms with van der Waals surface area (Å²) >= 11 is 0. The summed E-state index contributed by atoms with van der Waals surface area (Å²) in [7, 11) is 0. The van der Waals surface area contributed by atoms with Gasteiger partial charge in [0.05, 0.1) is 5.52 Å². The minimum Gasteiger partial charge on any atom is -0.384 e. The van der Waals surface area contributed by atoms with Gasteiger partial charge in [-0.1, -0.05) is 24.3 Å². The Morgan fingerprint density at radius 1 is 1.23 bits per heavy atom. The lowest BCUT2D eigenvalue weighted by Gasteiger charge is -2.35. The van der Waals surface area contributed by atoms with Crippen LogP contribution in [0.5, 0.6) is 0 Å². The second kappa shape index (κ2) is 6.42. The van der Waals surface area contributed by atoms with E-state index in [2.05, 4.69) is 34.1 Å². The molecule has 1 saturated heterocycles. The van der Waals surface area contributed by atoms with Gasteiger partial charge < -0.3 is 10.0 Å². The Balaban J connectivity index is 1.66. The maximum atomic E-state index is 11.8. The third kappa shape index (κ3) is 3.10. The number of pyridine rings is 1.